The Morgan fingerprint density at radius 2 is 2.19 bits per heavy atom. The Morgan fingerprint density at radius 1 is 1.38 bits per heavy atom. The number of ether oxygens (including phenoxy) is 1. The van der Waals surface area contributed by atoms with Crippen LogP contribution in [0.4, 0.5) is 0 Å². The molecule has 0 saturated heterocycles. The van der Waals surface area contributed by atoms with E-state index in [0.29, 0.717) is 28.8 Å². The lowest BCUT2D eigenvalue weighted by Gasteiger charge is -2.13. The molecule has 136 valence electrons. The van der Waals surface area contributed by atoms with Crippen molar-refractivity contribution < 1.29 is 9.53 Å². The Morgan fingerprint density at radius 3 is 2.92 bits per heavy atom. The van der Waals surface area contributed by atoms with Crippen molar-refractivity contribution in [3.63, 3.8) is 0 Å². The molecule has 2 aromatic heterocycles. The number of aromatic nitrogens is 2. The number of hydrogen-bond donors (Lipinski definition) is 1. The number of para-hydroxylation sites is 1. The first-order valence-electron chi connectivity index (χ1n) is 8.27. The van der Waals surface area contributed by atoms with Gasteiger partial charge in [0.25, 0.3) is 5.91 Å². The Bertz CT molecular complexity index is 890. The van der Waals surface area contributed by atoms with Crippen molar-refractivity contribution in [3.8, 4) is 5.75 Å². The van der Waals surface area contributed by atoms with Crippen LogP contribution in [0.25, 0.3) is 0 Å². The standard InChI is InChI=1S/C19H20ClN3O2S/c1-13-7-8-23(22-13)10-14(2)21-19(24)18-9-15(12-26-18)11-25-17-6-4-3-5-16(17)20/h3-9,12,14H,10-11H2,1-2H3,(H,21,24). The summed E-state index contributed by atoms with van der Waals surface area (Å²) in [6.45, 7) is 4.91. The summed E-state index contributed by atoms with van der Waals surface area (Å²) >= 11 is 7.48. The van der Waals surface area contributed by atoms with E-state index in [1.807, 2.05) is 60.4 Å². The molecule has 1 amide bonds. The first kappa shape index (κ1) is 18.5. The van der Waals surface area contributed by atoms with E-state index in [1.54, 1.807) is 6.07 Å². The average molecular weight is 390 g/mol. The fourth-order valence-electron chi connectivity index (χ4n) is 2.48. The Balaban J connectivity index is 1.53. The average Bonchev–Trinajstić information content (AvgIpc) is 3.23. The summed E-state index contributed by atoms with van der Waals surface area (Å²) in [5.74, 6) is 0.546. The van der Waals surface area contributed by atoms with Gasteiger partial charge in [-0.25, -0.2) is 0 Å². The van der Waals surface area contributed by atoms with Crippen molar-refractivity contribution >= 4 is 28.8 Å². The second kappa shape index (κ2) is 8.38. The number of nitrogens with one attached hydrogen (secondary N) is 1. The van der Waals surface area contributed by atoms with Gasteiger partial charge in [-0.2, -0.15) is 5.10 Å². The van der Waals surface area contributed by atoms with Gasteiger partial charge in [0, 0.05) is 17.8 Å². The van der Waals surface area contributed by atoms with Crippen molar-refractivity contribution in [2.45, 2.75) is 33.0 Å². The van der Waals surface area contributed by atoms with Crippen molar-refractivity contribution in [1.29, 1.82) is 0 Å². The van der Waals surface area contributed by atoms with Gasteiger partial charge in [0.1, 0.15) is 12.4 Å². The van der Waals surface area contributed by atoms with E-state index in [9.17, 15) is 4.79 Å². The number of carbonyl (C=O) groups is 1. The fraction of sp³-hybridized carbons (Fsp3) is 0.263. The van der Waals surface area contributed by atoms with E-state index in [2.05, 4.69) is 10.4 Å². The molecule has 7 heteroatoms. The van der Waals surface area contributed by atoms with Crippen LogP contribution in [-0.4, -0.2) is 21.7 Å². The van der Waals surface area contributed by atoms with E-state index >= 15 is 0 Å². The highest BCUT2D eigenvalue weighted by Gasteiger charge is 2.13. The lowest BCUT2D eigenvalue weighted by Crippen LogP contribution is -2.35. The smallest absolute Gasteiger partial charge is 0.261 e. The molecule has 26 heavy (non-hydrogen) atoms. The quantitative estimate of drug-likeness (QED) is 0.655. The molecule has 1 atom stereocenters. The fourth-order valence-corrected chi connectivity index (χ4v) is 3.47. The summed E-state index contributed by atoms with van der Waals surface area (Å²) in [7, 11) is 0. The number of amides is 1. The van der Waals surface area contributed by atoms with Crippen LogP contribution in [0, 0.1) is 6.92 Å². The predicted octanol–water partition coefficient (Wildman–Crippen LogP) is 4.30. The molecular formula is C19H20ClN3O2S. The maximum Gasteiger partial charge on any atom is 0.261 e. The molecule has 0 spiro atoms. The molecular weight excluding hydrogens is 370 g/mol. The summed E-state index contributed by atoms with van der Waals surface area (Å²) in [6, 6.07) is 11.1. The Kier molecular flexibility index (Phi) is 5.96. The number of aryl methyl sites for hydroxylation is 1. The van der Waals surface area contributed by atoms with Gasteiger partial charge in [0.15, 0.2) is 0 Å². The van der Waals surface area contributed by atoms with Crippen LogP contribution >= 0.6 is 22.9 Å². The number of benzene rings is 1. The number of rotatable bonds is 7. The first-order valence-corrected chi connectivity index (χ1v) is 9.52. The maximum atomic E-state index is 12.4. The maximum absolute atomic E-state index is 12.4. The number of nitrogens with zero attached hydrogens (tertiary/aromatic N) is 2. The number of halogens is 1. The molecule has 0 saturated carbocycles. The predicted molar refractivity (Wildman–Crippen MR) is 104 cm³/mol. The van der Waals surface area contributed by atoms with Crippen molar-refractivity contribution in [2.24, 2.45) is 0 Å². The molecule has 5 nitrogen and oxygen atoms in total. The summed E-state index contributed by atoms with van der Waals surface area (Å²) < 4.78 is 7.54. The highest BCUT2D eigenvalue weighted by atomic mass is 35.5. The zero-order chi connectivity index (χ0) is 18.5. The largest absolute Gasteiger partial charge is 0.487 e. The topological polar surface area (TPSA) is 56.2 Å². The van der Waals surface area contributed by atoms with E-state index in [0.717, 1.165) is 11.3 Å². The minimum absolute atomic E-state index is 0.0216. The van der Waals surface area contributed by atoms with Crippen LogP contribution < -0.4 is 10.1 Å². The first-order chi connectivity index (χ1) is 12.5. The van der Waals surface area contributed by atoms with Gasteiger partial charge < -0.3 is 10.1 Å². The normalized spacial score (nSPS) is 12.0. The second-order valence-electron chi connectivity index (χ2n) is 6.09. The van der Waals surface area contributed by atoms with Crippen LogP contribution in [0.1, 0.15) is 27.9 Å². The summed E-state index contributed by atoms with van der Waals surface area (Å²) in [5, 5.41) is 9.83. The molecule has 3 rings (SSSR count). The molecule has 0 aliphatic carbocycles. The second-order valence-corrected chi connectivity index (χ2v) is 7.41. The molecule has 0 bridgehead atoms. The van der Waals surface area contributed by atoms with Gasteiger partial charge in [-0.15, -0.1) is 11.3 Å². The van der Waals surface area contributed by atoms with Crippen LogP contribution in [0.5, 0.6) is 5.75 Å². The van der Waals surface area contributed by atoms with Crippen LogP contribution in [0.3, 0.4) is 0 Å². The highest BCUT2D eigenvalue weighted by Crippen LogP contribution is 2.25. The molecule has 3 aromatic rings. The van der Waals surface area contributed by atoms with Crippen molar-refractivity contribution in [3.05, 3.63) is 69.1 Å². The monoisotopic (exact) mass is 389 g/mol. The minimum atomic E-state index is -0.0876. The van der Waals surface area contributed by atoms with E-state index in [-0.39, 0.29) is 11.9 Å². The Hall–Kier alpha value is -2.31. The zero-order valence-electron chi connectivity index (χ0n) is 14.6. The minimum Gasteiger partial charge on any atom is -0.487 e. The summed E-state index contributed by atoms with van der Waals surface area (Å²) in [5.41, 5.74) is 1.90. The third-order valence-corrected chi connectivity index (χ3v) is 5.01. The number of thiophene rings is 1. The molecule has 1 N–H and O–H groups in total. The van der Waals surface area contributed by atoms with Crippen LogP contribution in [0.15, 0.2) is 48.0 Å². The molecule has 0 fully saturated rings. The van der Waals surface area contributed by atoms with Crippen LogP contribution in [-0.2, 0) is 13.2 Å². The molecule has 0 aliphatic rings. The van der Waals surface area contributed by atoms with Gasteiger partial charge in [-0.3, -0.25) is 9.48 Å². The molecule has 0 aliphatic heterocycles. The molecule has 2 heterocycles. The lowest BCUT2D eigenvalue weighted by atomic mass is 10.3. The molecule has 1 aromatic carbocycles. The molecule has 0 radical (unpaired) electrons. The lowest BCUT2D eigenvalue weighted by molar-refractivity contribution is 0.0940. The van der Waals surface area contributed by atoms with E-state index in [4.69, 9.17) is 16.3 Å². The molecule has 1 unspecified atom stereocenters. The highest BCUT2D eigenvalue weighted by molar-refractivity contribution is 7.12. The van der Waals surface area contributed by atoms with Gasteiger partial charge in [-0.05, 0) is 43.5 Å². The van der Waals surface area contributed by atoms with Crippen molar-refractivity contribution in [1.82, 2.24) is 15.1 Å². The van der Waals surface area contributed by atoms with Gasteiger partial charge in [0.05, 0.1) is 22.1 Å². The number of carbonyl (C=O) groups excluding carboxylic acids is 1. The van der Waals surface area contributed by atoms with Gasteiger partial charge >= 0.3 is 0 Å². The third-order valence-electron chi connectivity index (χ3n) is 3.72. The summed E-state index contributed by atoms with van der Waals surface area (Å²) in [4.78, 5) is 13.1. The van der Waals surface area contributed by atoms with Gasteiger partial charge in [0.2, 0.25) is 0 Å². The Labute approximate surface area is 161 Å². The van der Waals surface area contributed by atoms with Crippen LogP contribution in [0.2, 0.25) is 5.02 Å². The number of hydrogen-bond acceptors (Lipinski definition) is 4. The van der Waals surface area contributed by atoms with E-state index in [1.165, 1.54) is 11.3 Å². The zero-order valence-corrected chi connectivity index (χ0v) is 16.2. The SMILES string of the molecule is Cc1ccn(CC(C)NC(=O)c2cc(COc3ccccc3Cl)cs2)n1. The van der Waals surface area contributed by atoms with Crippen molar-refractivity contribution in [2.75, 3.05) is 0 Å². The third kappa shape index (κ3) is 4.86. The van der Waals surface area contributed by atoms with E-state index < -0.39 is 0 Å². The summed E-state index contributed by atoms with van der Waals surface area (Å²) in [6.07, 6.45) is 1.91. The van der Waals surface area contributed by atoms with Gasteiger partial charge in [-0.1, -0.05) is 23.7 Å².